The van der Waals surface area contributed by atoms with Crippen LogP contribution >= 0.6 is 0 Å². The molecule has 5 nitrogen and oxygen atoms in total. The Morgan fingerprint density at radius 1 is 0.963 bits per heavy atom. The molecule has 0 radical (unpaired) electrons. The van der Waals surface area contributed by atoms with E-state index in [0.29, 0.717) is 17.4 Å². The summed E-state index contributed by atoms with van der Waals surface area (Å²) in [5.74, 6) is 0.714. The Bertz CT molecular complexity index is 1040. The first-order valence-electron chi connectivity index (χ1n) is 9.46. The van der Waals surface area contributed by atoms with E-state index >= 15 is 0 Å². The highest BCUT2D eigenvalue weighted by Crippen LogP contribution is 2.65. The molecule has 2 aromatic rings. The van der Waals surface area contributed by atoms with Gasteiger partial charge in [-0.2, -0.15) is 10.1 Å². The lowest BCUT2D eigenvalue weighted by molar-refractivity contribution is -0.140. The predicted molar refractivity (Wildman–Crippen MR) is 99.8 cm³/mol. The number of imide groups is 1. The van der Waals surface area contributed by atoms with Crippen LogP contribution in [0.5, 0.6) is 5.75 Å². The maximum Gasteiger partial charge on any atom is 0.254 e. The molecule has 27 heavy (non-hydrogen) atoms. The number of allylic oxidation sites excluding steroid dienone is 2. The van der Waals surface area contributed by atoms with Gasteiger partial charge in [-0.25, -0.2) is 0 Å². The van der Waals surface area contributed by atoms with E-state index in [-0.39, 0.29) is 41.2 Å². The first kappa shape index (κ1) is 15.1. The predicted octanol–water partition coefficient (Wildman–Crippen LogP) is 2.93. The van der Waals surface area contributed by atoms with E-state index in [1.807, 2.05) is 30.3 Å². The number of hydrazone groups is 1. The monoisotopic (exact) mass is 358 g/mol. The van der Waals surface area contributed by atoms with Gasteiger partial charge in [0.05, 0.1) is 18.1 Å². The molecule has 2 amide bonds. The Morgan fingerprint density at radius 3 is 2.33 bits per heavy atom. The van der Waals surface area contributed by atoms with Gasteiger partial charge in [-0.1, -0.05) is 42.5 Å². The first-order chi connectivity index (χ1) is 13.1. The van der Waals surface area contributed by atoms with Crippen LogP contribution in [0.25, 0.3) is 10.8 Å². The van der Waals surface area contributed by atoms with Crippen LogP contribution in [0.4, 0.5) is 0 Å². The van der Waals surface area contributed by atoms with Crippen molar-refractivity contribution in [3.8, 4) is 5.75 Å². The number of nitrogens with zero attached hydrogens (tertiary/aromatic N) is 2. The number of carbonyl (C=O) groups excluding carboxylic acids is 2. The Kier molecular flexibility index (Phi) is 2.84. The molecule has 0 unspecified atom stereocenters. The quantitative estimate of drug-likeness (QED) is 0.510. The van der Waals surface area contributed by atoms with Crippen LogP contribution in [0.1, 0.15) is 12.0 Å². The summed E-state index contributed by atoms with van der Waals surface area (Å²) in [6, 6.07) is 11.1. The van der Waals surface area contributed by atoms with E-state index < -0.39 is 0 Å². The number of aromatic hydroxyl groups is 1. The standard InChI is InChI=1S/C22H18N2O3/c25-18-8-5-11-3-1-2-4-12(11)17(18)10-23-24-21(26)19-13-6-7-14(16-9-15(13)16)20(19)22(24)27/h1-8,10,13-16,19-20,25H,9H2/b23-10-/t13-,14-,15-,16+,19+,20+/m1/s1. The lowest BCUT2D eigenvalue weighted by atomic mass is 9.63. The van der Waals surface area contributed by atoms with Crippen LogP contribution in [0.15, 0.2) is 53.7 Å². The fourth-order valence-corrected chi connectivity index (χ4v) is 5.59. The van der Waals surface area contributed by atoms with E-state index in [4.69, 9.17) is 0 Å². The van der Waals surface area contributed by atoms with E-state index in [1.54, 1.807) is 6.07 Å². The van der Waals surface area contributed by atoms with Crippen molar-refractivity contribution < 1.29 is 14.7 Å². The van der Waals surface area contributed by atoms with Gasteiger partial charge in [-0.15, -0.1) is 0 Å². The second-order valence-electron chi connectivity index (χ2n) is 8.11. The Hall–Kier alpha value is -2.95. The first-order valence-corrected chi connectivity index (χ1v) is 9.46. The zero-order valence-corrected chi connectivity index (χ0v) is 14.5. The van der Waals surface area contributed by atoms with Crippen molar-refractivity contribution in [1.29, 1.82) is 0 Å². The molecular formula is C22H18N2O3. The molecule has 134 valence electrons. The molecule has 6 atom stereocenters. The lowest BCUT2D eigenvalue weighted by Crippen LogP contribution is -2.40. The van der Waals surface area contributed by atoms with Gasteiger partial charge in [0.15, 0.2) is 0 Å². The van der Waals surface area contributed by atoms with Crippen molar-refractivity contribution in [3.63, 3.8) is 0 Å². The molecule has 4 aliphatic carbocycles. The molecule has 1 heterocycles. The third-order valence-corrected chi connectivity index (χ3v) is 6.89. The molecule has 2 saturated carbocycles. The second kappa shape index (κ2) is 5.06. The third-order valence-electron chi connectivity index (χ3n) is 6.89. The zero-order chi connectivity index (χ0) is 18.3. The van der Waals surface area contributed by atoms with Gasteiger partial charge in [-0.05, 0) is 46.9 Å². The number of phenolic OH excluding ortho intramolecular Hbond substituents is 1. The van der Waals surface area contributed by atoms with Crippen LogP contribution in [-0.2, 0) is 9.59 Å². The van der Waals surface area contributed by atoms with Crippen LogP contribution in [-0.4, -0.2) is 28.1 Å². The lowest BCUT2D eigenvalue weighted by Gasteiger charge is -2.37. The minimum Gasteiger partial charge on any atom is -0.507 e. The summed E-state index contributed by atoms with van der Waals surface area (Å²) in [7, 11) is 0. The average Bonchev–Trinajstić information content (AvgIpc) is 3.47. The van der Waals surface area contributed by atoms with Gasteiger partial charge in [0, 0.05) is 5.56 Å². The molecule has 7 rings (SSSR count). The molecule has 0 aromatic heterocycles. The molecule has 1 aliphatic heterocycles. The summed E-state index contributed by atoms with van der Waals surface area (Å²) in [4.78, 5) is 25.9. The topological polar surface area (TPSA) is 70.0 Å². The molecule has 0 spiro atoms. The smallest absolute Gasteiger partial charge is 0.254 e. The SMILES string of the molecule is O=C1[C@H]2[C@@H]3C=C[C@H]([C@@H]4C[C@H]34)[C@@H]2C(=O)N1/N=C\c1c(O)ccc2ccccc12. The number of hydrogen-bond donors (Lipinski definition) is 1. The van der Waals surface area contributed by atoms with Crippen LogP contribution < -0.4 is 0 Å². The average molecular weight is 358 g/mol. The van der Waals surface area contributed by atoms with Crippen molar-refractivity contribution in [1.82, 2.24) is 5.01 Å². The fraction of sp³-hybridized carbons (Fsp3) is 0.318. The molecule has 2 bridgehead atoms. The van der Waals surface area contributed by atoms with E-state index in [0.717, 1.165) is 22.2 Å². The van der Waals surface area contributed by atoms with E-state index in [1.165, 1.54) is 6.21 Å². The van der Waals surface area contributed by atoms with E-state index in [2.05, 4.69) is 17.3 Å². The highest BCUT2D eigenvalue weighted by Gasteiger charge is 2.67. The third kappa shape index (κ3) is 1.91. The zero-order valence-electron chi connectivity index (χ0n) is 14.5. The highest BCUT2D eigenvalue weighted by atomic mass is 16.3. The van der Waals surface area contributed by atoms with Gasteiger partial charge < -0.3 is 5.11 Å². The molecule has 5 heteroatoms. The summed E-state index contributed by atoms with van der Waals surface area (Å²) in [6.45, 7) is 0. The van der Waals surface area contributed by atoms with Gasteiger partial charge in [-0.3, -0.25) is 9.59 Å². The van der Waals surface area contributed by atoms with Crippen LogP contribution in [0.2, 0.25) is 0 Å². The van der Waals surface area contributed by atoms with Crippen molar-refractivity contribution in [2.24, 2.45) is 40.6 Å². The van der Waals surface area contributed by atoms with Crippen LogP contribution in [0, 0.1) is 35.5 Å². The highest BCUT2D eigenvalue weighted by molar-refractivity contribution is 6.08. The second-order valence-corrected chi connectivity index (χ2v) is 8.11. The van der Waals surface area contributed by atoms with Crippen molar-refractivity contribution in [2.75, 3.05) is 0 Å². The van der Waals surface area contributed by atoms with E-state index in [9.17, 15) is 14.7 Å². The summed E-state index contributed by atoms with van der Waals surface area (Å²) >= 11 is 0. The molecular weight excluding hydrogens is 340 g/mol. The van der Waals surface area contributed by atoms with Crippen molar-refractivity contribution >= 4 is 28.8 Å². The summed E-state index contributed by atoms with van der Waals surface area (Å²) in [5.41, 5.74) is 0.521. The Labute approximate surface area is 156 Å². The Morgan fingerprint density at radius 2 is 1.63 bits per heavy atom. The van der Waals surface area contributed by atoms with Gasteiger partial charge in [0.1, 0.15) is 5.75 Å². The molecule has 5 aliphatic rings. The van der Waals surface area contributed by atoms with Crippen LogP contribution in [0.3, 0.4) is 0 Å². The number of carbonyl (C=O) groups is 2. The number of hydrogen-bond acceptors (Lipinski definition) is 4. The minimum absolute atomic E-state index is 0.0805. The van der Waals surface area contributed by atoms with Crippen molar-refractivity contribution in [2.45, 2.75) is 6.42 Å². The number of amides is 2. The Balaban J connectivity index is 1.38. The fourth-order valence-electron chi connectivity index (χ4n) is 5.59. The maximum absolute atomic E-state index is 13.0. The minimum atomic E-state index is -0.255. The molecule has 2 aromatic carbocycles. The van der Waals surface area contributed by atoms with Gasteiger partial charge >= 0.3 is 0 Å². The number of fused-ring (bicyclic) bond motifs is 1. The van der Waals surface area contributed by atoms with Gasteiger partial charge in [0.2, 0.25) is 0 Å². The normalized spacial score (nSPS) is 35.9. The summed E-state index contributed by atoms with van der Waals surface area (Å²) in [5, 5.41) is 17.4. The summed E-state index contributed by atoms with van der Waals surface area (Å²) < 4.78 is 0. The number of rotatable bonds is 2. The molecule has 1 saturated heterocycles. The molecule has 1 N–H and O–H groups in total. The molecule has 3 fully saturated rings. The number of phenols is 1. The summed E-state index contributed by atoms with van der Waals surface area (Å²) in [6.07, 6.45) is 6.88. The van der Waals surface area contributed by atoms with Crippen molar-refractivity contribution in [3.05, 3.63) is 54.1 Å². The maximum atomic E-state index is 13.0. The van der Waals surface area contributed by atoms with Gasteiger partial charge in [0.25, 0.3) is 11.8 Å². The largest absolute Gasteiger partial charge is 0.507 e. The number of benzene rings is 2.